The van der Waals surface area contributed by atoms with Crippen molar-refractivity contribution in [1.82, 2.24) is 9.55 Å². The summed E-state index contributed by atoms with van der Waals surface area (Å²) in [5.74, 6) is 1.36. The number of nitrogens with zero attached hydrogens (tertiary/aromatic N) is 2. The number of hydrogen-bond acceptors (Lipinski definition) is 4. The molecule has 2 heterocycles. The summed E-state index contributed by atoms with van der Waals surface area (Å²) in [5, 5.41) is 2.77. The van der Waals surface area contributed by atoms with Gasteiger partial charge in [-0.25, -0.2) is 4.98 Å². The van der Waals surface area contributed by atoms with Crippen LogP contribution in [0, 0.1) is 0 Å². The summed E-state index contributed by atoms with van der Waals surface area (Å²) in [5.41, 5.74) is 1.35. The maximum absolute atomic E-state index is 13.3. The highest BCUT2D eigenvalue weighted by Gasteiger charge is 2.19. The molecule has 6 nitrogen and oxygen atoms in total. The number of para-hydroxylation sites is 3. The lowest BCUT2D eigenvalue weighted by Crippen LogP contribution is -2.85. The molecule has 3 aromatic rings. The van der Waals surface area contributed by atoms with Gasteiger partial charge >= 0.3 is 0 Å². The Morgan fingerprint density at radius 2 is 2.04 bits per heavy atom. The number of benzene rings is 2. The van der Waals surface area contributed by atoms with E-state index in [1.54, 1.807) is 11.7 Å². The fourth-order valence-electron chi connectivity index (χ4n) is 3.61. The van der Waals surface area contributed by atoms with Gasteiger partial charge in [0.25, 0.3) is 5.56 Å². The van der Waals surface area contributed by atoms with Gasteiger partial charge in [-0.05, 0) is 37.1 Å². The highest BCUT2D eigenvalue weighted by molar-refractivity contribution is 5.78. The van der Waals surface area contributed by atoms with Crippen LogP contribution < -0.4 is 15.6 Å². The van der Waals surface area contributed by atoms with Crippen LogP contribution in [0.15, 0.2) is 53.3 Å². The molecule has 0 unspecified atom stereocenters. The van der Waals surface area contributed by atoms with E-state index >= 15 is 0 Å². The number of hydrogen-bond donors (Lipinski definition) is 1. The normalized spacial score (nSPS) is 16.7. The van der Waals surface area contributed by atoms with E-state index in [4.69, 9.17) is 14.5 Å². The second-order valence-corrected chi connectivity index (χ2v) is 6.72. The van der Waals surface area contributed by atoms with Gasteiger partial charge in [-0.1, -0.05) is 24.3 Å². The van der Waals surface area contributed by atoms with Gasteiger partial charge < -0.3 is 14.8 Å². The quantitative estimate of drug-likeness (QED) is 0.720. The third kappa shape index (κ3) is 3.59. The standard InChI is InChI=1S/C21H23N3O3/c1-26-19-11-5-4-10-18(19)24-20(14-22-13-15-7-6-12-27-15)23-17-9-3-2-8-16(17)21(24)25/h2-5,8-11,15,22H,6-7,12-14H2,1H3/p+1/t15-/m0/s1. The molecule has 0 amide bonds. The van der Waals surface area contributed by atoms with Gasteiger partial charge in [0.15, 0.2) is 5.82 Å². The number of methoxy groups -OCH3 is 1. The molecular weight excluding hydrogens is 342 g/mol. The van der Waals surface area contributed by atoms with E-state index in [1.165, 1.54) is 0 Å². The zero-order valence-electron chi connectivity index (χ0n) is 15.4. The van der Waals surface area contributed by atoms with Gasteiger partial charge in [0, 0.05) is 6.61 Å². The van der Waals surface area contributed by atoms with Crippen molar-refractivity contribution in [3.63, 3.8) is 0 Å². The summed E-state index contributed by atoms with van der Waals surface area (Å²) in [4.78, 5) is 18.1. The smallest absolute Gasteiger partial charge is 0.266 e. The Labute approximate surface area is 157 Å². The average molecular weight is 366 g/mol. The zero-order chi connectivity index (χ0) is 18.6. The van der Waals surface area contributed by atoms with E-state index in [2.05, 4.69) is 5.32 Å². The van der Waals surface area contributed by atoms with Gasteiger partial charge in [0.05, 0.1) is 23.7 Å². The molecule has 27 heavy (non-hydrogen) atoms. The van der Waals surface area contributed by atoms with Gasteiger partial charge in [0.2, 0.25) is 0 Å². The molecule has 0 aliphatic carbocycles. The van der Waals surface area contributed by atoms with Crippen LogP contribution in [0.4, 0.5) is 0 Å². The van der Waals surface area contributed by atoms with E-state index in [-0.39, 0.29) is 11.7 Å². The van der Waals surface area contributed by atoms with Crippen molar-refractivity contribution in [3.8, 4) is 11.4 Å². The van der Waals surface area contributed by atoms with Gasteiger partial charge in [-0.2, -0.15) is 0 Å². The lowest BCUT2D eigenvalue weighted by atomic mass is 10.2. The molecule has 1 aliphatic rings. The highest BCUT2D eigenvalue weighted by atomic mass is 16.5. The average Bonchev–Trinajstić information content (AvgIpc) is 3.22. The molecule has 4 rings (SSSR count). The lowest BCUT2D eigenvalue weighted by molar-refractivity contribution is -0.677. The molecule has 2 aromatic carbocycles. The molecule has 1 aromatic heterocycles. The molecule has 1 fully saturated rings. The first-order valence-corrected chi connectivity index (χ1v) is 9.35. The van der Waals surface area contributed by atoms with Crippen molar-refractivity contribution in [2.24, 2.45) is 0 Å². The minimum absolute atomic E-state index is 0.0781. The fraction of sp³-hybridized carbons (Fsp3) is 0.333. The van der Waals surface area contributed by atoms with Crippen molar-refractivity contribution in [2.75, 3.05) is 20.3 Å². The second kappa shape index (κ2) is 7.90. The summed E-state index contributed by atoms with van der Waals surface area (Å²) in [6.07, 6.45) is 2.51. The third-order valence-corrected chi connectivity index (χ3v) is 4.95. The Balaban J connectivity index is 1.76. The molecular formula is C21H24N3O3+. The second-order valence-electron chi connectivity index (χ2n) is 6.72. The molecule has 0 spiro atoms. The largest absolute Gasteiger partial charge is 0.495 e. The number of nitrogens with two attached hydrogens (primary N) is 1. The number of aromatic nitrogens is 2. The number of rotatable bonds is 6. The maximum atomic E-state index is 13.3. The Bertz CT molecular complexity index is 993. The van der Waals surface area contributed by atoms with Crippen LogP contribution in [0.3, 0.4) is 0 Å². The summed E-state index contributed by atoms with van der Waals surface area (Å²) in [7, 11) is 1.61. The minimum atomic E-state index is -0.0781. The first-order valence-electron chi connectivity index (χ1n) is 9.35. The number of quaternary nitrogens is 1. The van der Waals surface area contributed by atoms with Crippen LogP contribution in [0.5, 0.6) is 5.75 Å². The third-order valence-electron chi connectivity index (χ3n) is 4.95. The molecule has 2 N–H and O–H groups in total. The van der Waals surface area contributed by atoms with E-state index in [1.807, 2.05) is 48.5 Å². The number of fused-ring (bicyclic) bond motifs is 1. The van der Waals surface area contributed by atoms with Gasteiger partial charge in [0.1, 0.15) is 24.9 Å². The first kappa shape index (κ1) is 17.7. The van der Waals surface area contributed by atoms with Crippen LogP contribution >= 0.6 is 0 Å². The van der Waals surface area contributed by atoms with Crippen LogP contribution in [-0.2, 0) is 11.3 Å². The fourth-order valence-corrected chi connectivity index (χ4v) is 3.61. The Morgan fingerprint density at radius 3 is 2.85 bits per heavy atom. The number of ether oxygens (including phenoxy) is 2. The molecule has 0 radical (unpaired) electrons. The van der Waals surface area contributed by atoms with Crippen LogP contribution in [0.25, 0.3) is 16.6 Å². The Kier molecular flexibility index (Phi) is 5.18. The molecule has 1 aliphatic heterocycles. The van der Waals surface area contributed by atoms with Crippen molar-refractivity contribution < 1.29 is 14.8 Å². The highest BCUT2D eigenvalue weighted by Crippen LogP contribution is 2.22. The zero-order valence-corrected chi connectivity index (χ0v) is 15.4. The van der Waals surface area contributed by atoms with Gasteiger partial charge in [-0.3, -0.25) is 9.36 Å². The van der Waals surface area contributed by atoms with Crippen molar-refractivity contribution in [3.05, 3.63) is 64.7 Å². The molecule has 1 atom stereocenters. The van der Waals surface area contributed by atoms with Crippen LogP contribution in [0.1, 0.15) is 18.7 Å². The Morgan fingerprint density at radius 1 is 1.22 bits per heavy atom. The van der Waals surface area contributed by atoms with E-state index in [9.17, 15) is 4.79 Å². The van der Waals surface area contributed by atoms with E-state index < -0.39 is 0 Å². The summed E-state index contributed by atoms with van der Waals surface area (Å²) in [6.45, 7) is 2.31. The van der Waals surface area contributed by atoms with Crippen molar-refractivity contribution in [2.45, 2.75) is 25.5 Å². The van der Waals surface area contributed by atoms with Crippen LogP contribution in [0.2, 0.25) is 0 Å². The minimum Gasteiger partial charge on any atom is -0.495 e. The first-order chi connectivity index (χ1) is 13.3. The summed E-state index contributed by atoms with van der Waals surface area (Å²) < 4.78 is 12.9. The molecule has 1 saturated heterocycles. The monoisotopic (exact) mass is 366 g/mol. The molecule has 0 saturated carbocycles. The maximum Gasteiger partial charge on any atom is 0.266 e. The lowest BCUT2D eigenvalue weighted by Gasteiger charge is -2.16. The van der Waals surface area contributed by atoms with Crippen molar-refractivity contribution >= 4 is 10.9 Å². The topological polar surface area (TPSA) is 70.0 Å². The molecule has 0 bridgehead atoms. The van der Waals surface area contributed by atoms with Gasteiger partial charge in [-0.15, -0.1) is 0 Å². The van der Waals surface area contributed by atoms with E-state index in [0.717, 1.165) is 26.0 Å². The summed E-state index contributed by atoms with van der Waals surface area (Å²) >= 11 is 0. The SMILES string of the molecule is COc1ccccc1-n1c(C[NH2+]C[C@@H]2CCCO2)nc2ccccc2c1=O. The summed E-state index contributed by atoms with van der Waals surface area (Å²) in [6, 6.07) is 15.0. The Hall–Kier alpha value is -2.70. The van der Waals surface area contributed by atoms with Crippen LogP contribution in [-0.4, -0.2) is 35.9 Å². The molecule has 6 heteroatoms. The predicted molar refractivity (Wildman–Crippen MR) is 103 cm³/mol. The molecule has 140 valence electrons. The van der Waals surface area contributed by atoms with E-state index in [0.29, 0.717) is 34.7 Å². The predicted octanol–water partition coefficient (Wildman–Crippen LogP) is 1.64. The van der Waals surface area contributed by atoms with Crippen molar-refractivity contribution in [1.29, 1.82) is 0 Å².